The number of nitrogens with zero attached hydrogens (tertiary/aromatic N) is 2. The Labute approximate surface area is 333 Å². The van der Waals surface area contributed by atoms with Crippen LogP contribution in [-0.4, -0.2) is 4.57 Å². The summed E-state index contributed by atoms with van der Waals surface area (Å²) in [5, 5.41) is 12.5. The average molecular weight is 743 g/mol. The highest BCUT2D eigenvalue weighted by Crippen LogP contribution is 2.48. The fourth-order valence-corrected chi connectivity index (χ4v) is 10.2. The van der Waals surface area contributed by atoms with Gasteiger partial charge >= 0.3 is 0 Å². The zero-order valence-electron chi connectivity index (χ0n) is 30.9. The van der Waals surface area contributed by atoms with E-state index in [4.69, 9.17) is 0 Å². The van der Waals surface area contributed by atoms with Crippen molar-refractivity contribution in [3.05, 3.63) is 206 Å². The minimum atomic E-state index is 1.12. The van der Waals surface area contributed by atoms with Crippen LogP contribution >= 0.6 is 11.3 Å². The Bertz CT molecular complexity index is 3540. The summed E-state index contributed by atoms with van der Waals surface area (Å²) in [5.41, 5.74) is 9.32. The van der Waals surface area contributed by atoms with E-state index in [1.807, 2.05) is 11.3 Å². The number of thiophene rings is 1. The molecule has 0 radical (unpaired) electrons. The first-order valence-corrected chi connectivity index (χ1v) is 20.3. The number of rotatable bonds is 5. The molecule has 3 heteroatoms. The maximum atomic E-state index is 2.49. The van der Waals surface area contributed by atoms with Crippen LogP contribution in [0.25, 0.3) is 91.1 Å². The molecule has 0 aliphatic heterocycles. The van der Waals surface area contributed by atoms with Crippen molar-refractivity contribution in [1.29, 1.82) is 0 Å². The first-order chi connectivity index (χ1) is 28.3. The Morgan fingerprint density at radius 2 is 1.02 bits per heavy atom. The fourth-order valence-electron chi connectivity index (χ4n) is 9.14. The summed E-state index contributed by atoms with van der Waals surface area (Å²) in [6.45, 7) is 0. The molecular weight excluding hydrogens is 709 g/mol. The van der Waals surface area contributed by atoms with Crippen LogP contribution in [0.2, 0.25) is 0 Å². The van der Waals surface area contributed by atoms with Gasteiger partial charge in [-0.1, -0.05) is 146 Å². The maximum Gasteiger partial charge on any atom is 0.0620 e. The van der Waals surface area contributed by atoms with Crippen LogP contribution < -0.4 is 4.90 Å². The Balaban J connectivity index is 1.18. The van der Waals surface area contributed by atoms with Crippen molar-refractivity contribution in [2.24, 2.45) is 0 Å². The summed E-state index contributed by atoms with van der Waals surface area (Å²) < 4.78 is 5.10. The zero-order valence-corrected chi connectivity index (χ0v) is 31.7. The molecule has 0 amide bonds. The highest BCUT2D eigenvalue weighted by atomic mass is 32.1. The molecule has 12 rings (SSSR count). The molecule has 0 bridgehead atoms. The largest absolute Gasteiger partial charge is 0.310 e. The first-order valence-electron chi connectivity index (χ1n) is 19.5. The van der Waals surface area contributed by atoms with Gasteiger partial charge in [0.1, 0.15) is 0 Å². The normalized spacial score (nSPS) is 11.9. The van der Waals surface area contributed by atoms with Crippen molar-refractivity contribution in [3.63, 3.8) is 0 Å². The van der Waals surface area contributed by atoms with Gasteiger partial charge in [-0.15, -0.1) is 11.3 Å². The Hall–Kier alpha value is -7.20. The number of hydrogen-bond acceptors (Lipinski definition) is 2. The predicted molar refractivity (Wildman–Crippen MR) is 246 cm³/mol. The fraction of sp³-hybridized carbons (Fsp3) is 0. The number of hydrogen-bond donors (Lipinski definition) is 0. The lowest BCUT2D eigenvalue weighted by molar-refractivity contribution is 1.19. The molecule has 2 aromatic heterocycles. The van der Waals surface area contributed by atoms with E-state index in [-0.39, 0.29) is 0 Å². The van der Waals surface area contributed by atoms with Crippen LogP contribution in [0.1, 0.15) is 0 Å². The van der Waals surface area contributed by atoms with Gasteiger partial charge in [-0.25, -0.2) is 0 Å². The van der Waals surface area contributed by atoms with E-state index in [1.165, 1.54) is 85.4 Å². The van der Waals surface area contributed by atoms with Crippen molar-refractivity contribution in [2.45, 2.75) is 0 Å². The molecule has 0 unspecified atom stereocenters. The quantitative estimate of drug-likeness (QED) is 0.170. The van der Waals surface area contributed by atoms with Crippen molar-refractivity contribution in [1.82, 2.24) is 4.57 Å². The molecule has 2 heterocycles. The van der Waals surface area contributed by atoms with E-state index in [0.29, 0.717) is 0 Å². The van der Waals surface area contributed by atoms with Crippen LogP contribution in [0.5, 0.6) is 0 Å². The van der Waals surface area contributed by atoms with E-state index in [1.54, 1.807) is 0 Å². The van der Waals surface area contributed by atoms with Crippen LogP contribution in [0.15, 0.2) is 206 Å². The molecule has 0 N–H and O–H groups in total. The van der Waals surface area contributed by atoms with E-state index in [9.17, 15) is 0 Å². The lowest BCUT2D eigenvalue weighted by atomic mass is 10.0. The minimum Gasteiger partial charge on any atom is -0.310 e. The number of benzene rings is 10. The highest BCUT2D eigenvalue weighted by molar-refractivity contribution is 7.26. The molecular formula is C54H34N2S. The third-order valence-corrected chi connectivity index (χ3v) is 12.8. The molecule has 0 spiro atoms. The standard InChI is InChI=1S/C54H34N2S/c1-2-12-35(13-3-1)40-18-10-19-41(32-40)56-49-23-11-22-48(53(49)46-29-25-38-16-7-9-21-45(38)54(46)56)55(42-27-24-36-14-4-5-17-39(36)33-42)43-28-31-50-47(34-43)52-44-20-8-6-15-37(44)26-30-51(52)57-50/h1-34H. The molecule has 57 heavy (non-hydrogen) atoms. The van der Waals surface area contributed by atoms with Gasteiger partial charge in [-0.05, 0) is 98.7 Å². The second-order valence-electron chi connectivity index (χ2n) is 14.9. The molecule has 10 aromatic carbocycles. The second kappa shape index (κ2) is 12.7. The molecule has 2 nitrogen and oxygen atoms in total. The lowest BCUT2D eigenvalue weighted by Gasteiger charge is -2.27. The summed E-state index contributed by atoms with van der Waals surface area (Å²) in [7, 11) is 0. The van der Waals surface area contributed by atoms with Crippen LogP contribution in [0.4, 0.5) is 17.1 Å². The maximum absolute atomic E-state index is 2.49. The molecule has 266 valence electrons. The third kappa shape index (κ3) is 5.03. The monoisotopic (exact) mass is 742 g/mol. The SMILES string of the molecule is c1ccc(-c2cccc(-n3c4cccc(N(c5ccc6ccccc6c5)c5ccc6sc7ccc8ccccc8c7c6c5)c4c4ccc5ccccc5c43)c2)cc1. The Kier molecular flexibility index (Phi) is 7.13. The molecule has 0 atom stereocenters. The van der Waals surface area contributed by atoms with E-state index >= 15 is 0 Å². The van der Waals surface area contributed by atoms with Gasteiger partial charge in [0.2, 0.25) is 0 Å². The van der Waals surface area contributed by atoms with Gasteiger partial charge in [0.05, 0.1) is 16.7 Å². The van der Waals surface area contributed by atoms with Crippen molar-refractivity contribution < 1.29 is 0 Å². The van der Waals surface area contributed by atoms with Crippen LogP contribution in [0.3, 0.4) is 0 Å². The van der Waals surface area contributed by atoms with Gasteiger partial charge < -0.3 is 9.47 Å². The summed E-state index contributed by atoms with van der Waals surface area (Å²) in [6, 6.07) is 75.9. The van der Waals surface area contributed by atoms with Crippen molar-refractivity contribution >= 4 is 103 Å². The zero-order chi connectivity index (χ0) is 37.5. The Morgan fingerprint density at radius 1 is 0.368 bits per heavy atom. The molecule has 0 saturated heterocycles. The lowest BCUT2D eigenvalue weighted by Crippen LogP contribution is -2.10. The predicted octanol–water partition coefficient (Wildman–Crippen LogP) is 15.7. The minimum absolute atomic E-state index is 1.12. The second-order valence-corrected chi connectivity index (χ2v) is 16.0. The summed E-state index contributed by atoms with van der Waals surface area (Å²) in [4.78, 5) is 2.49. The first kappa shape index (κ1) is 32.1. The van der Waals surface area contributed by atoms with Gasteiger partial charge in [0, 0.05) is 53.4 Å². The summed E-state index contributed by atoms with van der Waals surface area (Å²) in [6.07, 6.45) is 0. The Morgan fingerprint density at radius 3 is 1.89 bits per heavy atom. The van der Waals surface area contributed by atoms with Crippen molar-refractivity contribution in [3.8, 4) is 16.8 Å². The highest BCUT2D eigenvalue weighted by Gasteiger charge is 2.23. The molecule has 12 aromatic rings. The van der Waals surface area contributed by atoms with Gasteiger partial charge in [0.15, 0.2) is 0 Å². The summed E-state index contributed by atoms with van der Waals surface area (Å²) in [5.74, 6) is 0. The molecule has 0 saturated carbocycles. The van der Waals surface area contributed by atoms with Crippen LogP contribution in [0, 0.1) is 0 Å². The van der Waals surface area contributed by atoms with Gasteiger partial charge in [-0.3, -0.25) is 0 Å². The number of fused-ring (bicyclic) bond motifs is 11. The topological polar surface area (TPSA) is 8.17 Å². The number of aromatic nitrogens is 1. The molecule has 0 aliphatic carbocycles. The van der Waals surface area contributed by atoms with E-state index in [0.717, 1.165) is 22.7 Å². The molecule has 0 fully saturated rings. The number of anilines is 3. The summed E-state index contributed by atoms with van der Waals surface area (Å²) >= 11 is 1.87. The van der Waals surface area contributed by atoms with E-state index in [2.05, 4.69) is 216 Å². The third-order valence-electron chi connectivity index (χ3n) is 11.7. The van der Waals surface area contributed by atoms with Gasteiger partial charge in [-0.2, -0.15) is 0 Å². The average Bonchev–Trinajstić information content (AvgIpc) is 3.83. The molecule has 0 aliphatic rings. The van der Waals surface area contributed by atoms with Crippen molar-refractivity contribution in [2.75, 3.05) is 4.90 Å². The van der Waals surface area contributed by atoms with Gasteiger partial charge in [0.25, 0.3) is 0 Å². The van der Waals surface area contributed by atoms with Crippen LogP contribution in [-0.2, 0) is 0 Å². The van der Waals surface area contributed by atoms with E-state index < -0.39 is 0 Å². The smallest absolute Gasteiger partial charge is 0.0620 e.